The molecular weight excluding hydrogens is 314 g/mol. The summed E-state index contributed by atoms with van der Waals surface area (Å²) in [7, 11) is 0. The Labute approximate surface area is 146 Å². The highest BCUT2D eigenvalue weighted by atomic mass is 16.3. The molecule has 2 N–H and O–H groups in total. The Morgan fingerprint density at radius 2 is 1.96 bits per heavy atom. The van der Waals surface area contributed by atoms with Crippen LogP contribution in [-0.4, -0.2) is 20.9 Å². The summed E-state index contributed by atoms with van der Waals surface area (Å²) in [6.45, 7) is 4.64. The number of aliphatic hydroxyl groups is 1. The lowest BCUT2D eigenvalue weighted by molar-refractivity contribution is 0.281. The molecule has 0 aliphatic rings. The normalized spacial score (nSPS) is 13.7. The second kappa shape index (κ2) is 7.59. The summed E-state index contributed by atoms with van der Waals surface area (Å²) in [4.78, 5) is 12.5. The van der Waals surface area contributed by atoms with Gasteiger partial charge >= 0.3 is 0 Å². The number of benzene rings is 2. The Morgan fingerprint density at radius 1 is 1.16 bits per heavy atom. The first kappa shape index (κ1) is 17.3. The molecule has 1 heterocycles. The van der Waals surface area contributed by atoms with Crippen LogP contribution < -0.4 is 10.9 Å². The molecule has 0 aliphatic carbocycles. The first-order valence-electron chi connectivity index (χ1n) is 8.49. The van der Waals surface area contributed by atoms with Crippen LogP contribution in [0.15, 0.2) is 59.5 Å². The van der Waals surface area contributed by atoms with Crippen molar-refractivity contribution in [2.75, 3.05) is 0 Å². The third-order valence-electron chi connectivity index (χ3n) is 4.38. The van der Waals surface area contributed by atoms with Gasteiger partial charge in [0.25, 0.3) is 5.56 Å². The molecular formula is C20H23N3O2. The number of rotatable bonds is 6. The van der Waals surface area contributed by atoms with Crippen LogP contribution in [0.1, 0.15) is 31.0 Å². The van der Waals surface area contributed by atoms with Crippen LogP contribution in [0.25, 0.3) is 10.8 Å². The molecule has 0 radical (unpaired) electrons. The average molecular weight is 337 g/mol. The van der Waals surface area contributed by atoms with Crippen molar-refractivity contribution < 1.29 is 5.11 Å². The van der Waals surface area contributed by atoms with E-state index in [0.717, 1.165) is 16.5 Å². The molecule has 0 saturated heterocycles. The van der Waals surface area contributed by atoms with E-state index in [1.165, 1.54) is 4.68 Å². The van der Waals surface area contributed by atoms with Gasteiger partial charge in [-0.3, -0.25) is 4.79 Å². The quantitative estimate of drug-likeness (QED) is 0.726. The highest BCUT2D eigenvalue weighted by molar-refractivity contribution is 5.80. The van der Waals surface area contributed by atoms with Crippen LogP contribution in [0, 0.1) is 0 Å². The van der Waals surface area contributed by atoms with E-state index >= 15 is 0 Å². The fraction of sp³-hybridized carbons (Fsp3) is 0.300. The van der Waals surface area contributed by atoms with Crippen molar-refractivity contribution in [3.05, 3.63) is 76.2 Å². The van der Waals surface area contributed by atoms with Crippen molar-refractivity contribution in [2.24, 2.45) is 0 Å². The van der Waals surface area contributed by atoms with Crippen molar-refractivity contribution in [1.82, 2.24) is 15.1 Å². The van der Waals surface area contributed by atoms with E-state index in [2.05, 4.69) is 17.3 Å². The monoisotopic (exact) mass is 337 g/mol. The molecule has 2 aromatic carbocycles. The van der Waals surface area contributed by atoms with Crippen molar-refractivity contribution >= 4 is 10.8 Å². The standard InChI is InChI=1S/C20H23N3O2/c1-14(22-15(2)17-8-5-6-16(10-17)13-24)12-23-20(25)19-9-4-3-7-18(19)11-21-23/h3-11,14-15,22,24H,12-13H2,1-2H3. The molecule has 5 heteroatoms. The Bertz CT molecular complexity index is 920. The van der Waals surface area contributed by atoms with Crippen molar-refractivity contribution in [2.45, 2.75) is 39.1 Å². The Kier molecular flexibility index (Phi) is 5.26. The van der Waals surface area contributed by atoms with Gasteiger partial charge in [-0.25, -0.2) is 4.68 Å². The summed E-state index contributed by atoms with van der Waals surface area (Å²) in [5, 5.41) is 18.6. The van der Waals surface area contributed by atoms with Gasteiger partial charge in [-0.2, -0.15) is 5.10 Å². The number of hydrogen-bond acceptors (Lipinski definition) is 4. The van der Waals surface area contributed by atoms with Gasteiger partial charge in [0.2, 0.25) is 0 Å². The van der Waals surface area contributed by atoms with Gasteiger partial charge < -0.3 is 10.4 Å². The molecule has 0 aliphatic heterocycles. The van der Waals surface area contributed by atoms with Crippen molar-refractivity contribution in [1.29, 1.82) is 0 Å². The first-order valence-corrected chi connectivity index (χ1v) is 8.49. The predicted octanol–water partition coefficient (Wildman–Crippen LogP) is 2.63. The van der Waals surface area contributed by atoms with Crippen molar-refractivity contribution in [3.63, 3.8) is 0 Å². The Morgan fingerprint density at radius 3 is 2.76 bits per heavy atom. The molecule has 3 rings (SSSR count). The lowest BCUT2D eigenvalue weighted by atomic mass is 10.0. The van der Waals surface area contributed by atoms with Crippen molar-refractivity contribution in [3.8, 4) is 0 Å². The van der Waals surface area contributed by atoms with Crippen LogP contribution >= 0.6 is 0 Å². The highest BCUT2D eigenvalue weighted by Crippen LogP contribution is 2.15. The maximum absolute atomic E-state index is 12.5. The molecule has 3 aromatic rings. The van der Waals surface area contributed by atoms with Gasteiger partial charge in [0.1, 0.15) is 0 Å². The van der Waals surface area contributed by atoms with Gasteiger partial charge in [-0.1, -0.05) is 42.5 Å². The molecule has 5 nitrogen and oxygen atoms in total. The zero-order chi connectivity index (χ0) is 17.8. The van der Waals surface area contributed by atoms with E-state index in [1.807, 2.05) is 55.5 Å². The summed E-state index contributed by atoms with van der Waals surface area (Å²) >= 11 is 0. The van der Waals surface area contributed by atoms with Crippen LogP contribution in [0.5, 0.6) is 0 Å². The number of aromatic nitrogens is 2. The molecule has 0 amide bonds. The first-order chi connectivity index (χ1) is 12.1. The second-order valence-electron chi connectivity index (χ2n) is 6.41. The summed E-state index contributed by atoms with van der Waals surface area (Å²) in [5.74, 6) is 0. The highest BCUT2D eigenvalue weighted by Gasteiger charge is 2.12. The largest absolute Gasteiger partial charge is 0.392 e. The van der Waals surface area contributed by atoms with Gasteiger partial charge in [0, 0.05) is 17.5 Å². The number of nitrogens with zero attached hydrogens (tertiary/aromatic N) is 2. The SMILES string of the molecule is CC(Cn1ncc2ccccc2c1=O)NC(C)c1cccc(CO)c1. The van der Waals surface area contributed by atoms with Gasteiger partial charge in [-0.05, 0) is 31.0 Å². The van der Waals surface area contributed by atoms with Crippen LogP contribution in [-0.2, 0) is 13.2 Å². The van der Waals surface area contributed by atoms with E-state index in [-0.39, 0.29) is 24.2 Å². The van der Waals surface area contributed by atoms with E-state index in [9.17, 15) is 9.90 Å². The fourth-order valence-electron chi connectivity index (χ4n) is 3.05. The van der Waals surface area contributed by atoms with Gasteiger partial charge in [0.05, 0.1) is 24.7 Å². The minimum absolute atomic E-state index is 0.0342. The second-order valence-corrected chi connectivity index (χ2v) is 6.41. The molecule has 1 aromatic heterocycles. The third-order valence-corrected chi connectivity index (χ3v) is 4.38. The lowest BCUT2D eigenvalue weighted by Crippen LogP contribution is -2.36. The molecule has 0 saturated carbocycles. The molecule has 0 spiro atoms. The van der Waals surface area contributed by atoms with Gasteiger partial charge in [0.15, 0.2) is 0 Å². The lowest BCUT2D eigenvalue weighted by Gasteiger charge is -2.21. The number of fused-ring (bicyclic) bond motifs is 1. The maximum Gasteiger partial charge on any atom is 0.274 e. The average Bonchev–Trinajstić information content (AvgIpc) is 2.64. The third kappa shape index (κ3) is 3.95. The number of hydrogen-bond donors (Lipinski definition) is 2. The molecule has 2 unspecified atom stereocenters. The number of aliphatic hydroxyl groups excluding tert-OH is 1. The van der Waals surface area contributed by atoms with E-state index in [0.29, 0.717) is 11.9 Å². The Balaban J connectivity index is 1.73. The van der Waals surface area contributed by atoms with E-state index in [4.69, 9.17) is 0 Å². The number of nitrogens with one attached hydrogen (secondary N) is 1. The Hall–Kier alpha value is -2.50. The van der Waals surface area contributed by atoms with E-state index < -0.39 is 0 Å². The zero-order valence-electron chi connectivity index (χ0n) is 14.5. The zero-order valence-corrected chi connectivity index (χ0v) is 14.5. The minimum atomic E-state index is -0.0679. The molecule has 25 heavy (non-hydrogen) atoms. The molecule has 2 atom stereocenters. The predicted molar refractivity (Wildman–Crippen MR) is 99.4 cm³/mol. The summed E-state index contributed by atoms with van der Waals surface area (Å²) in [6.07, 6.45) is 1.73. The van der Waals surface area contributed by atoms with E-state index in [1.54, 1.807) is 6.20 Å². The van der Waals surface area contributed by atoms with Crippen LogP contribution in [0.2, 0.25) is 0 Å². The topological polar surface area (TPSA) is 67.2 Å². The summed E-state index contributed by atoms with van der Waals surface area (Å²) in [5.41, 5.74) is 1.94. The fourth-order valence-corrected chi connectivity index (χ4v) is 3.05. The molecule has 0 bridgehead atoms. The summed E-state index contributed by atoms with van der Waals surface area (Å²) in [6, 6.07) is 15.5. The smallest absolute Gasteiger partial charge is 0.274 e. The van der Waals surface area contributed by atoms with Crippen LogP contribution in [0.4, 0.5) is 0 Å². The molecule has 0 fully saturated rings. The maximum atomic E-state index is 12.5. The van der Waals surface area contributed by atoms with Crippen LogP contribution in [0.3, 0.4) is 0 Å². The molecule has 130 valence electrons. The summed E-state index contributed by atoms with van der Waals surface area (Å²) < 4.78 is 1.51. The minimum Gasteiger partial charge on any atom is -0.392 e. The van der Waals surface area contributed by atoms with Gasteiger partial charge in [-0.15, -0.1) is 0 Å².